The van der Waals surface area contributed by atoms with E-state index < -0.39 is 0 Å². The maximum atomic E-state index is 4.32. The zero-order chi connectivity index (χ0) is 9.26. The number of halogens is 1. The molecule has 0 aliphatic carbocycles. The van der Waals surface area contributed by atoms with Gasteiger partial charge in [-0.05, 0) is 48.3 Å². The minimum absolute atomic E-state index is 0.746. The molecule has 1 aromatic rings. The Morgan fingerprint density at radius 3 is 3.15 bits per heavy atom. The molecule has 1 saturated heterocycles. The van der Waals surface area contributed by atoms with Crippen molar-refractivity contribution in [1.29, 1.82) is 0 Å². The molecule has 0 spiro atoms. The van der Waals surface area contributed by atoms with Crippen LogP contribution in [0.1, 0.15) is 12.0 Å². The van der Waals surface area contributed by atoms with Gasteiger partial charge in [0.2, 0.25) is 0 Å². The summed E-state index contributed by atoms with van der Waals surface area (Å²) in [4.78, 5) is 0. The van der Waals surface area contributed by atoms with Crippen molar-refractivity contribution < 1.29 is 0 Å². The fraction of sp³-hybridized carbons (Fsp3) is 0.667. The second-order valence-electron chi connectivity index (χ2n) is 3.66. The molecule has 4 heteroatoms. The number of aryl methyl sites for hydroxylation is 1. The maximum absolute atomic E-state index is 4.32. The molecule has 1 aliphatic rings. The van der Waals surface area contributed by atoms with Crippen LogP contribution in [0.3, 0.4) is 0 Å². The van der Waals surface area contributed by atoms with Crippen molar-refractivity contribution in [3.63, 3.8) is 0 Å². The number of nitrogens with zero attached hydrogens (tertiary/aromatic N) is 2. The second kappa shape index (κ2) is 3.80. The van der Waals surface area contributed by atoms with E-state index >= 15 is 0 Å². The fourth-order valence-electron chi connectivity index (χ4n) is 1.71. The molecule has 2 rings (SSSR count). The van der Waals surface area contributed by atoms with E-state index in [2.05, 4.69) is 33.3 Å². The number of aromatic nitrogens is 2. The Balaban J connectivity index is 2.04. The van der Waals surface area contributed by atoms with Gasteiger partial charge >= 0.3 is 0 Å². The minimum Gasteiger partial charge on any atom is -0.316 e. The van der Waals surface area contributed by atoms with E-state index in [0.717, 1.165) is 30.2 Å². The molecule has 0 saturated carbocycles. The van der Waals surface area contributed by atoms with Gasteiger partial charge in [-0.3, -0.25) is 4.68 Å². The molecule has 0 bridgehead atoms. The average Bonchev–Trinajstić information content (AvgIpc) is 2.71. The lowest BCUT2D eigenvalue weighted by atomic mass is 10.1. The largest absolute Gasteiger partial charge is 0.316 e. The number of hydrogen-bond acceptors (Lipinski definition) is 2. The van der Waals surface area contributed by atoms with Crippen molar-refractivity contribution in [2.45, 2.75) is 19.9 Å². The molecule has 1 fully saturated rings. The molecule has 0 aromatic carbocycles. The van der Waals surface area contributed by atoms with Crippen LogP contribution in [0.25, 0.3) is 0 Å². The van der Waals surface area contributed by atoms with Crippen molar-refractivity contribution >= 4 is 15.9 Å². The Kier molecular flexibility index (Phi) is 2.69. The monoisotopic (exact) mass is 243 g/mol. The summed E-state index contributed by atoms with van der Waals surface area (Å²) < 4.78 is 3.17. The van der Waals surface area contributed by atoms with Crippen molar-refractivity contribution in [3.8, 4) is 0 Å². The molecule has 1 unspecified atom stereocenters. The van der Waals surface area contributed by atoms with E-state index in [1.165, 1.54) is 12.0 Å². The highest BCUT2D eigenvalue weighted by atomic mass is 79.9. The van der Waals surface area contributed by atoms with E-state index in [1.807, 2.05) is 10.9 Å². The van der Waals surface area contributed by atoms with Gasteiger partial charge in [-0.15, -0.1) is 0 Å². The van der Waals surface area contributed by atoms with E-state index in [9.17, 15) is 0 Å². The van der Waals surface area contributed by atoms with Crippen molar-refractivity contribution in [2.75, 3.05) is 13.1 Å². The first-order valence-electron chi connectivity index (χ1n) is 4.66. The van der Waals surface area contributed by atoms with Gasteiger partial charge in [0.15, 0.2) is 0 Å². The molecular formula is C9H14BrN3. The summed E-state index contributed by atoms with van der Waals surface area (Å²) in [5, 5.41) is 7.68. The van der Waals surface area contributed by atoms with Crippen molar-refractivity contribution in [2.24, 2.45) is 5.92 Å². The fourth-order valence-corrected chi connectivity index (χ4v) is 2.04. The van der Waals surface area contributed by atoms with E-state index in [0.29, 0.717) is 0 Å². The minimum atomic E-state index is 0.746. The van der Waals surface area contributed by atoms with Gasteiger partial charge in [-0.1, -0.05) is 0 Å². The first kappa shape index (κ1) is 9.21. The summed E-state index contributed by atoms with van der Waals surface area (Å²) in [6.45, 7) is 5.38. The Labute approximate surface area is 86.6 Å². The predicted molar refractivity (Wildman–Crippen MR) is 55.6 cm³/mol. The van der Waals surface area contributed by atoms with Gasteiger partial charge < -0.3 is 5.32 Å². The SMILES string of the molecule is Cc1cnn(CC2CCNC2)c1Br. The molecule has 13 heavy (non-hydrogen) atoms. The summed E-state index contributed by atoms with van der Waals surface area (Å²) in [5.41, 5.74) is 1.21. The number of hydrogen-bond donors (Lipinski definition) is 1. The zero-order valence-corrected chi connectivity index (χ0v) is 9.34. The topological polar surface area (TPSA) is 29.9 Å². The first-order valence-corrected chi connectivity index (χ1v) is 5.45. The van der Waals surface area contributed by atoms with Gasteiger partial charge in [-0.2, -0.15) is 5.10 Å². The van der Waals surface area contributed by atoms with Crippen molar-refractivity contribution in [3.05, 3.63) is 16.4 Å². The summed E-state index contributed by atoms with van der Waals surface area (Å²) in [6.07, 6.45) is 3.18. The molecule has 72 valence electrons. The van der Waals surface area contributed by atoms with E-state index in [1.54, 1.807) is 0 Å². The third kappa shape index (κ3) is 1.94. The predicted octanol–water partition coefficient (Wildman–Crippen LogP) is 1.56. The number of rotatable bonds is 2. The maximum Gasteiger partial charge on any atom is 0.106 e. The molecule has 1 aliphatic heterocycles. The first-order chi connectivity index (χ1) is 6.27. The van der Waals surface area contributed by atoms with Crippen LogP contribution in [0.5, 0.6) is 0 Å². The Hall–Kier alpha value is -0.350. The molecule has 1 aromatic heterocycles. The molecule has 0 radical (unpaired) electrons. The van der Waals surface area contributed by atoms with Gasteiger partial charge in [0.25, 0.3) is 0 Å². The quantitative estimate of drug-likeness (QED) is 0.855. The standard InChI is InChI=1S/C9H14BrN3/c1-7-4-12-13(9(7)10)6-8-2-3-11-5-8/h4,8,11H,2-3,5-6H2,1H3. The molecule has 3 nitrogen and oxygen atoms in total. The zero-order valence-electron chi connectivity index (χ0n) is 7.76. The molecule has 0 amide bonds. The Morgan fingerprint density at radius 2 is 2.62 bits per heavy atom. The third-order valence-corrected chi connectivity index (χ3v) is 3.57. The average molecular weight is 244 g/mol. The third-order valence-electron chi connectivity index (χ3n) is 2.54. The summed E-state index contributed by atoms with van der Waals surface area (Å²) in [6, 6.07) is 0. The van der Waals surface area contributed by atoms with E-state index in [-0.39, 0.29) is 0 Å². The van der Waals surface area contributed by atoms with Crippen LogP contribution in [0.15, 0.2) is 10.8 Å². The smallest absolute Gasteiger partial charge is 0.106 e. The van der Waals surface area contributed by atoms with Crippen LogP contribution in [-0.2, 0) is 6.54 Å². The van der Waals surface area contributed by atoms with Crippen LogP contribution < -0.4 is 5.32 Å². The second-order valence-corrected chi connectivity index (χ2v) is 4.41. The van der Waals surface area contributed by atoms with Crippen LogP contribution in [-0.4, -0.2) is 22.9 Å². The molecule has 1 atom stereocenters. The van der Waals surface area contributed by atoms with Crippen molar-refractivity contribution in [1.82, 2.24) is 15.1 Å². The molecular weight excluding hydrogens is 230 g/mol. The Bertz CT molecular complexity index is 289. The van der Waals surface area contributed by atoms with E-state index in [4.69, 9.17) is 0 Å². The van der Waals surface area contributed by atoms with Gasteiger partial charge in [-0.25, -0.2) is 0 Å². The lowest BCUT2D eigenvalue weighted by molar-refractivity contribution is 0.443. The normalized spacial score (nSPS) is 22.5. The van der Waals surface area contributed by atoms with Gasteiger partial charge in [0, 0.05) is 12.1 Å². The summed E-state index contributed by atoms with van der Waals surface area (Å²) >= 11 is 3.54. The highest BCUT2D eigenvalue weighted by Gasteiger charge is 2.16. The highest BCUT2D eigenvalue weighted by molar-refractivity contribution is 9.10. The number of nitrogens with one attached hydrogen (secondary N) is 1. The van der Waals surface area contributed by atoms with Crippen LogP contribution in [0.2, 0.25) is 0 Å². The van der Waals surface area contributed by atoms with Crippen LogP contribution in [0, 0.1) is 12.8 Å². The lowest BCUT2D eigenvalue weighted by Gasteiger charge is -2.09. The van der Waals surface area contributed by atoms with Crippen LogP contribution in [0.4, 0.5) is 0 Å². The van der Waals surface area contributed by atoms with Gasteiger partial charge in [0.1, 0.15) is 4.60 Å². The van der Waals surface area contributed by atoms with Gasteiger partial charge in [0.05, 0.1) is 6.20 Å². The Morgan fingerprint density at radius 1 is 1.77 bits per heavy atom. The highest BCUT2D eigenvalue weighted by Crippen LogP contribution is 2.18. The van der Waals surface area contributed by atoms with Crippen LogP contribution >= 0.6 is 15.9 Å². The molecule has 2 heterocycles. The summed E-state index contributed by atoms with van der Waals surface area (Å²) in [5.74, 6) is 0.746. The molecule has 1 N–H and O–H groups in total. The summed E-state index contributed by atoms with van der Waals surface area (Å²) in [7, 11) is 0. The lowest BCUT2D eigenvalue weighted by Crippen LogP contribution is -2.15.